The van der Waals surface area contributed by atoms with Gasteiger partial charge in [0.1, 0.15) is 6.20 Å². The number of amides is 1. The maximum Gasteiger partial charge on any atom is 0.270 e. The summed E-state index contributed by atoms with van der Waals surface area (Å²) in [6.45, 7) is 5.94. The average Bonchev–Trinajstić information content (AvgIpc) is 2.40. The molecule has 0 fully saturated rings. The number of rotatable bonds is 4. The van der Waals surface area contributed by atoms with Crippen molar-refractivity contribution >= 4 is 23.4 Å². The van der Waals surface area contributed by atoms with E-state index < -0.39 is 0 Å². The summed E-state index contributed by atoms with van der Waals surface area (Å²) in [5.74, 6) is 0.00282. The van der Waals surface area contributed by atoms with E-state index in [1.54, 1.807) is 0 Å². The number of hydrogen-bond acceptors (Lipinski definition) is 5. The zero-order valence-corrected chi connectivity index (χ0v) is 12.9. The second-order valence-corrected chi connectivity index (χ2v) is 5.71. The zero-order chi connectivity index (χ0) is 15.4. The molecule has 6 nitrogen and oxygen atoms in total. The SMILES string of the molecule is Cc1cc(C)c(NC(=O)CSc2nncc(=O)[nH]2)c(C)c1. The molecule has 2 rings (SSSR count). The van der Waals surface area contributed by atoms with Gasteiger partial charge in [0.2, 0.25) is 5.91 Å². The highest BCUT2D eigenvalue weighted by atomic mass is 32.2. The van der Waals surface area contributed by atoms with E-state index in [1.807, 2.05) is 32.9 Å². The summed E-state index contributed by atoms with van der Waals surface area (Å²) in [6.07, 6.45) is 1.09. The molecule has 1 aromatic heterocycles. The van der Waals surface area contributed by atoms with E-state index in [1.165, 1.54) is 0 Å². The fraction of sp³-hybridized carbons (Fsp3) is 0.286. The van der Waals surface area contributed by atoms with Crippen molar-refractivity contribution in [3.05, 3.63) is 45.4 Å². The van der Waals surface area contributed by atoms with Gasteiger partial charge in [-0.15, -0.1) is 5.10 Å². The normalized spacial score (nSPS) is 10.4. The largest absolute Gasteiger partial charge is 0.325 e. The van der Waals surface area contributed by atoms with E-state index in [2.05, 4.69) is 20.5 Å². The lowest BCUT2D eigenvalue weighted by Gasteiger charge is -2.12. The number of nitrogens with one attached hydrogen (secondary N) is 2. The molecule has 0 unspecified atom stereocenters. The number of aryl methyl sites for hydroxylation is 3. The molecule has 0 aliphatic rings. The third-order valence-corrected chi connectivity index (χ3v) is 3.70. The Morgan fingerprint density at radius 1 is 1.29 bits per heavy atom. The van der Waals surface area contributed by atoms with Crippen LogP contribution in [0.4, 0.5) is 5.69 Å². The second kappa shape index (κ2) is 6.53. The molecule has 0 bridgehead atoms. The molecule has 21 heavy (non-hydrogen) atoms. The number of H-pyrrole nitrogens is 1. The molecule has 110 valence electrons. The lowest BCUT2D eigenvalue weighted by Crippen LogP contribution is -2.17. The number of thioether (sulfide) groups is 1. The van der Waals surface area contributed by atoms with Gasteiger partial charge in [-0.3, -0.25) is 14.6 Å². The van der Waals surface area contributed by atoms with Gasteiger partial charge in [-0.1, -0.05) is 29.5 Å². The number of anilines is 1. The van der Waals surface area contributed by atoms with Crippen LogP contribution in [0.3, 0.4) is 0 Å². The number of nitrogens with zero attached hydrogens (tertiary/aromatic N) is 2. The average molecular weight is 304 g/mol. The summed E-state index contributed by atoms with van der Waals surface area (Å²) in [7, 11) is 0. The highest BCUT2D eigenvalue weighted by Crippen LogP contribution is 2.22. The van der Waals surface area contributed by atoms with Gasteiger partial charge in [-0.05, 0) is 31.9 Å². The smallest absolute Gasteiger partial charge is 0.270 e. The van der Waals surface area contributed by atoms with Crippen molar-refractivity contribution in [2.45, 2.75) is 25.9 Å². The highest BCUT2D eigenvalue weighted by Gasteiger charge is 2.09. The Balaban J connectivity index is 2.01. The third-order valence-electron chi connectivity index (χ3n) is 2.84. The summed E-state index contributed by atoms with van der Waals surface area (Å²) in [6, 6.07) is 4.05. The van der Waals surface area contributed by atoms with Gasteiger partial charge in [0, 0.05) is 5.69 Å². The predicted molar refractivity (Wildman–Crippen MR) is 82.7 cm³/mol. The molecule has 1 heterocycles. The van der Waals surface area contributed by atoms with Crippen LogP contribution in [0.25, 0.3) is 0 Å². The molecule has 2 N–H and O–H groups in total. The van der Waals surface area contributed by atoms with Crippen LogP contribution in [0.1, 0.15) is 16.7 Å². The van der Waals surface area contributed by atoms with Crippen LogP contribution < -0.4 is 10.9 Å². The lowest BCUT2D eigenvalue weighted by atomic mass is 10.1. The summed E-state index contributed by atoms with van der Waals surface area (Å²) >= 11 is 1.14. The van der Waals surface area contributed by atoms with E-state index in [0.29, 0.717) is 5.16 Å². The Morgan fingerprint density at radius 2 is 1.95 bits per heavy atom. The predicted octanol–water partition coefficient (Wildman–Crippen LogP) is 1.82. The van der Waals surface area contributed by atoms with Crippen molar-refractivity contribution in [2.75, 3.05) is 11.1 Å². The van der Waals surface area contributed by atoms with Crippen LogP contribution in [0, 0.1) is 20.8 Å². The van der Waals surface area contributed by atoms with Crippen LogP contribution >= 0.6 is 11.8 Å². The van der Waals surface area contributed by atoms with Crippen LogP contribution in [-0.2, 0) is 4.79 Å². The summed E-state index contributed by atoms with van der Waals surface area (Å²) in [4.78, 5) is 25.6. The van der Waals surface area contributed by atoms with E-state index in [0.717, 1.165) is 40.3 Å². The molecule has 0 atom stereocenters. The van der Waals surface area contributed by atoms with Crippen LogP contribution in [0.15, 0.2) is 28.3 Å². The first-order valence-corrected chi connectivity index (χ1v) is 7.37. The molecule has 7 heteroatoms. The summed E-state index contributed by atoms with van der Waals surface area (Å²) in [5, 5.41) is 10.5. The lowest BCUT2D eigenvalue weighted by molar-refractivity contribution is -0.113. The maximum atomic E-state index is 12.0. The third kappa shape index (κ3) is 4.16. The molecular weight excluding hydrogens is 288 g/mol. The van der Waals surface area contributed by atoms with E-state index >= 15 is 0 Å². The Kier molecular flexibility index (Phi) is 4.74. The minimum absolute atomic E-state index is 0.151. The number of carbonyl (C=O) groups excluding carboxylic acids is 1. The van der Waals surface area contributed by atoms with Crippen LogP contribution in [0.2, 0.25) is 0 Å². The Bertz CT molecular complexity index is 704. The van der Waals surface area contributed by atoms with Gasteiger partial charge in [0.05, 0.1) is 5.75 Å². The zero-order valence-electron chi connectivity index (χ0n) is 12.1. The molecule has 0 saturated heterocycles. The fourth-order valence-electron chi connectivity index (χ4n) is 2.05. The van der Waals surface area contributed by atoms with Crippen LogP contribution in [-0.4, -0.2) is 26.8 Å². The molecule has 1 aromatic carbocycles. The van der Waals surface area contributed by atoms with Gasteiger partial charge in [-0.2, -0.15) is 5.10 Å². The van der Waals surface area contributed by atoms with E-state index in [9.17, 15) is 9.59 Å². The van der Waals surface area contributed by atoms with Crippen molar-refractivity contribution in [2.24, 2.45) is 0 Å². The monoisotopic (exact) mass is 304 g/mol. The molecular formula is C14H16N4O2S. The Labute approximate surface area is 126 Å². The molecule has 0 aliphatic carbocycles. The van der Waals surface area contributed by atoms with Crippen LogP contribution in [0.5, 0.6) is 0 Å². The second-order valence-electron chi connectivity index (χ2n) is 4.75. The molecule has 0 radical (unpaired) electrons. The molecule has 2 aromatic rings. The summed E-state index contributed by atoms with van der Waals surface area (Å²) < 4.78 is 0. The molecule has 0 spiro atoms. The first-order chi connectivity index (χ1) is 9.95. The Hall–Kier alpha value is -2.15. The maximum absolute atomic E-state index is 12.0. The first kappa shape index (κ1) is 15.2. The minimum atomic E-state index is -0.335. The van der Waals surface area contributed by atoms with Gasteiger partial charge in [0.15, 0.2) is 5.16 Å². The van der Waals surface area contributed by atoms with Crippen molar-refractivity contribution < 1.29 is 4.79 Å². The van der Waals surface area contributed by atoms with E-state index in [-0.39, 0.29) is 17.2 Å². The number of hydrogen-bond donors (Lipinski definition) is 2. The van der Waals surface area contributed by atoms with Crippen molar-refractivity contribution in [1.29, 1.82) is 0 Å². The topological polar surface area (TPSA) is 87.7 Å². The molecule has 1 amide bonds. The van der Waals surface area contributed by atoms with Gasteiger partial charge in [0.25, 0.3) is 5.56 Å². The minimum Gasteiger partial charge on any atom is -0.325 e. The number of carbonyl (C=O) groups is 1. The van der Waals surface area contributed by atoms with E-state index in [4.69, 9.17) is 0 Å². The van der Waals surface area contributed by atoms with Crippen molar-refractivity contribution in [3.8, 4) is 0 Å². The summed E-state index contributed by atoms with van der Waals surface area (Å²) in [5.41, 5.74) is 3.71. The standard InChI is InChI=1S/C14H16N4O2S/c1-8-4-9(2)13(10(3)5-8)16-12(20)7-21-14-17-11(19)6-15-18-14/h4-6H,7H2,1-3H3,(H,16,20)(H,17,18,19). The molecule has 0 saturated carbocycles. The number of aromatic nitrogens is 3. The molecule has 0 aliphatic heterocycles. The van der Waals surface area contributed by atoms with Gasteiger partial charge < -0.3 is 5.32 Å². The highest BCUT2D eigenvalue weighted by molar-refractivity contribution is 7.99. The van der Waals surface area contributed by atoms with Gasteiger partial charge >= 0.3 is 0 Å². The Morgan fingerprint density at radius 3 is 2.57 bits per heavy atom. The first-order valence-electron chi connectivity index (χ1n) is 6.38. The van der Waals surface area contributed by atoms with Crippen molar-refractivity contribution in [1.82, 2.24) is 15.2 Å². The quantitative estimate of drug-likeness (QED) is 0.841. The van der Waals surface area contributed by atoms with Crippen molar-refractivity contribution in [3.63, 3.8) is 0 Å². The van der Waals surface area contributed by atoms with Gasteiger partial charge in [-0.25, -0.2) is 0 Å². The fourth-order valence-corrected chi connectivity index (χ4v) is 2.67. The number of aromatic amines is 1. The number of benzene rings is 1.